The van der Waals surface area contributed by atoms with E-state index in [-0.39, 0.29) is 0 Å². The van der Waals surface area contributed by atoms with E-state index in [0.717, 1.165) is 11.5 Å². The molecule has 18 heavy (non-hydrogen) atoms. The fourth-order valence-electron chi connectivity index (χ4n) is 3.80. The number of allylic oxidation sites excluding steroid dienone is 4. The molecule has 0 spiro atoms. The molecule has 4 aliphatic carbocycles. The van der Waals surface area contributed by atoms with Gasteiger partial charge in [0.15, 0.2) is 0 Å². The molecule has 0 aliphatic heterocycles. The Morgan fingerprint density at radius 2 is 1.17 bits per heavy atom. The summed E-state index contributed by atoms with van der Waals surface area (Å²) >= 11 is 0. The monoisotopic (exact) mass is 240 g/mol. The van der Waals surface area contributed by atoms with Gasteiger partial charge in [0.1, 0.15) is 11.5 Å². The van der Waals surface area contributed by atoms with E-state index in [2.05, 4.69) is 24.3 Å². The molecular weight excluding hydrogens is 224 g/mol. The molecule has 0 N–H and O–H groups in total. The van der Waals surface area contributed by atoms with Crippen LogP contribution in [-0.2, 0) is 0 Å². The SMILES string of the molecule is COc1ccc(OC)c2c1[C@H]1C=C[C@@H]2[C@@H]2C=C[C@@H]21. The van der Waals surface area contributed by atoms with E-state index >= 15 is 0 Å². The zero-order valence-corrected chi connectivity index (χ0v) is 10.6. The highest BCUT2D eigenvalue weighted by molar-refractivity contribution is 5.61. The minimum Gasteiger partial charge on any atom is -0.496 e. The summed E-state index contributed by atoms with van der Waals surface area (Å²) < 4.78 is 11.1. The van der Waals surface area contributed by atoms with Gasteiger partial charge in [-0.2, -0.15) is 0 Å². The summed E-state index contributed by atoms with van der Waals surface area (Å²) in [5.74, 6) is 4.25. The second-order valence-electron chi connectivity index (χ2n) is 5.27. The number of methoxy groups -OCH3 is 2. The van der Waals surface area contributed by atoms with Crippen molar-refractivity contribution in [3.05, 3.63) is 47.6 Å². The maximum absolute atomic E-state index is 5.56. The summed E-state index contributed by atoms with van der Waals surface area (Å²) in [4.78, 5) is 0. The minimum absolute atomic E-state index is 0.463. The molecule has 0 saturated carbocycles. The van der Waals surface area contributed by atoms with Crippen molar-refractivity contribution in [1.29, 1.82) is 0 Å². The van der Waals surface area contributed by atoms with Crippen molar-refractivity contribution < 1.29 is 9.47 Å². The van der Waals surface area contributed by atoms with Crippen LogP contribution in [0.1, 0.15) is 23.0 Å². The standard InChI is InChI=1S/C16H16O2/c1-17-13-7-8-14(18-2)16-12-6-5-11(15(13)16)9-3-4-10(9)12/h3-12H,1-2H3/t9-,10+,11-,12+. The molecule has 2 bridgehead atoms. The maximum atomic E-state index is 5.56. The number of rotatable bonds is 2. The molecule has 1 aromatic rings. The third-order valence-corrected chi connectivity index (χ3v) is 4.67. The second-order valence-corrected chi connectivity index (χ2v) is 5.27. The molecule has 0 saturated heterocycles. The first-order chi connectivity index (χ1) is 8.85. The highest BCUT2D eigenvalue weighted by Crippen LogP contribution is 2.60. The quantitative estimate of drug-likeness (QED) is 0.739. The lowest BCUT2D eigenvalue weighted by molar-refractivity contribution is 0.294. The Kier molecular flexibility index (Phi) is 1.94. The Balaban J connectivity index is 1.99. The number of ether oxygens (including phenoxy) is 2. The first-order valence-electron chi connectivity index (χ1n) is 6.46. The van der Waals surface area contributed by atoms with Crippen LogP contribution in [0.15, 0.2) is 36.4 Å². The Morgan fingerprint density at radius 3 is 1.50 bits per heavy atom. The normalized spacial score (nSPS) is 33.7. The Bertz CT molecular complexity index is 522. The molecular formula is C16H16O2. The van der Waals surface area contributed by atoms with Crippen molar-refractivity contribution in [3.63, 3.8) is 0 Å². The summed E-state index contributed by atoms with van der Waals surface area (Å²) in [6.07, 6.45) is 9.38. The topological polar surface area (TPSA) is 18.5 Å². The van der Waals surface area contributed by atoms with Gasteiger partial charge in [0.25, 0.3) is 0 Å². The summed E-state index contributed by atoms with van der Waals surface area (Å²) in [5.41, 5.74) is 2.69. The molecule has 0 unspecified atom stereocenters. The molecule has 4 atom stereocenters. The van der Waals surface area contributed by atoms with E-state index in [4.69, 9.17) is 9.47 Å². The summed E-state index contributed by atoms with van der Waals surface area (Å²) in [7, 11) is 3.50. The van der Waals surface area contributed by atoms with Gasteiger partial charge in [-0.3, -0.25) is 0 Å². The summed E-state index contributed by atoms with van der Waals surface area (Å²) in [6, 6.07) is 4.06. The maximum Gasteiger partial charge on any atom is 0.123 e. The van der Waals surface area contributed by atoms with Crippen LogP contribution in [0.25, 0.3) is 0 Å². The van der Waals surface area contributed by atoms with Crippen molar-refractivity contribution >= 4 is 0 Å². The smallest absolute Gasteiger partial charge is 0.123 e. The van der Waals surface area contributed by atoms with Crippen LogP contribution in [0.5, 0.6) is 11.5 Å². The average molecular weight is 240 g/mol. The van der Waals surface area contributed by atoms with Crippen molar-refractivity contribution in [2.75, 3.05) is 14.2 Å². The predicted octanol–water partition coefficient (Wildman–Crippen LogP) is 3.26. The predicted molar refractivity (Wildman–Crippen MR) is 70.3 cm³/mol. The highest BCUT2D eigenvalue weighted by Gasteiger charge is 2.47. The Labute approximate surface area is 107 Å². The van der Waals surface area contributed by atoms with Gasteiger partial charge in [-0.25, -0.2) is 0 Å². The molecule has 0 aromatic heterocycles. The summed E-state index contributed by atoms with van der Waals surface area (Å²) in [5, 5.41) is 0. The lowest BCUT2D eigenvalue weighted by atomic mass is 9.55. The van der Waals surface area contributed by atoms with Crippen LogP contribution in [0.3, 0.4) is 0 Å². The number of benzene rings is 1. The van der Waals surface area contributed by atoms with E-state index in [1.165, 1.54) is 11.1 Å². The van der Waals surface area contributed by atoms with Crippen LogP contribution in [0, 0.1) is 11.8 Å². The molecule has 2 nitrogen and oxygen atoms in total. The Morgan fingerprint density at radius 1 is 0.722 bits per heavy atom. The molecule has 2 heteroatoms. The van der Waals surface area contributed by atoms with E-state index in [1.54, 1.807) is 14.2 Å². The van der Waals surface area contributed by atoms with E-state index in [0.29, 0.717) is 23.7 Å². The van der Waals surface area contributed by atoms with E-state index in [1.807, 2.05) is 12.1 Å². The van der Waals surface area contributed by atoms with E-state index in [9.17, 15) is 0 Å². The molecule has 0 fully saturated rings. The van der Waals surface area contributed by atoms with Crippen LogP contribution in [0.4, 0.5) is 0 Å². The molecule has 4 aliphatic rings. The number of hydrogen-bond acceptors (Lipinski definition) is 2. The molecule has 5 rings (SSSR count). The zero-order valence-electron chi connectivity index (χ0n) is 10.6. The lowest BCUT2D eigenvalue weighted by Crippen LogP contribution is -2.38. The van der Waals surface area contributed by atoms with Gasteiger partial charge in [-0.05, 0) is 24.0 Å². The first kappa shape index (κ1) is 10.2. The van der Waals surface area contributed by atoms with Crippen molar-refractivity contribution in [2.24, 2.45) is 11.8 Å². The van der Waals surface area contributed by atoms with Crippen LogP contribution in [0.2, 0.25) is 0 Å². The average Bonchev–Trinajstić information content (AvgIpc) is 2.37. The Hall–Kier alpha value is -1.70. The van der Waals surface area contributed by atoms with Gasteiger partial charge < -0.3 is 9.47 Å². The van der Waals surface area contributed by atoms with Crippen molar-refractivity contribution in [3.8, 4) is 11.5 Å². The fourth-order valence-corrected chi connectivity index (χ4v) is 3.80. The van der Waals surface area contributed by atoms with Crippen molar-refractivity contribution in [2.45, 2.75) is 11.8 Å². The molecule has 0 radical (unpaired) electrons. The van der Waals surface area contributed by atoms with Gasteiger partial charge in [-0.15, -0.1) is 0 Å². The van der Waals surface area contributed by atoms with Crippen LogP contribution >= 0.6 is 0 Å². The van der Waals surface area contributed by atoms with Gasteiger partial charge in [0, 0.05) is 23.0 Å². The van der Waals surface area contributed by atoms with Crippen LogP contribution in [-0.4, -0.2) is 14.2 Å². The van der Waals surface area contributed by atoms with E-state index < -0.39 is 0 Å². The summed E-state index contributed by atoms with van der Waals surface area (Å²) in [6.45, 7) is 0. The van der Waals surface area contributed by atoms with Crippen molar-refractivity contribution in [1.82, 2.24) is 0 Å². The van der Waals surface area contributed by atoms with Crippen LogP contribution < -0.4 is 9.47 Å². The van der Waals surface area contributed by atoms with Gasteiger partial charge in [-0.1, -0.05) is 24.3 Å². The van der Waals surface area contributed by atoms with Gasteiger partial charge in [0.2, 0.25) is 0 Å². The molecule has 0 heterocycles. The molecule has 0 amide bonds. The molecule has 92 valence electrons. The van der Waals surface area contributed by atoms with Gasteiger partial charge >= 0.3 is 0 Å². The zero-order chi connectivity index (χ0) is 12.3. The third-order valence-electron chi connectivity index (χ3n) is 4.67. The fraction of sp³-hybridized carbons (Fsp3) is 0.375. The number of hydrogen-bond donors (Lipinski definition) is 0. The largest absolute Gasteiger partial charge is 0.496 e. The third kappa shape index (κ3) is 1.04. The first-order valence-corrected chi connectivity index (χ1v) is 6.46. The molecule has 1 aromatic carbocycles. The van der Waals surface area contributed by atoms with Gasteiger partial charge in [0.05, 0.1) is 14.2 Å². The minimum atomic E-state index is 0.463. The second kappa shape index (κ2) is 3.41. The lowest BCUT2D eigenvalue weighted by Gasteiger charge is -2.49. The highest BCUT2D eigenvalue weighted by atomic mass is 16.5.